The zero-order chi connectivity index (χ0) is 13.7. The molecule has 1 aromatic carbocycles. The van der Waals surface area contributed by atoms with Crippen LogP contribution in [0.15, 0.2) is 24.3 Å². The van der Waals surface area contributed by atoms with E-state index < -0.39 is 0 Å². The molecule has 0 heterocycles. The Morgan fingerprint density at radius 1 is 1.26 bits per heavy atom. The van der Waals surface area contributed by atoms with Crippen LogP contribution in [0.2, 0.25) is 0 Å². The van der Waals surface area contributed by atoms with Crippen molar-refractivity contribution in [1.82, 2.24) is 5.32 Å². The molecule has 0 aliphatic heterocycles. The number of amides is 1. The van der Waals surface area contributed by atoms with Gasteiger partial charge in [0.1, 0.15) is 5.75 Å². The number of methoxy groups -OCH3 is 1. The van der Waals surface area contributed by atoms with Crippen molar-refractivity contribution >= 4 is 5.91 Å². The lowest BCUT2D eigenvalue weighted by molar-refractivity contribution is 0.0918. The summed E-state index contributed by atoms with van der Waals surface area (Å²) in [6.07, 6.45) is 5.91. The quantitative estimate of drug-likeness (QED) is 0.902. The van der Waals surface area contributed by atoms with Crippen molar-refractivity contribution in [1.29, 1.82) is 0 Å². The number of ether oxygens (including phenoxy) is 1. The number of carbonyl (C=O) groups excluding carboxylic acids is 1. The van der Waals surface area contributed by atoms with Crippen molar-refractivity contribution in [3.8, 4) is 5.75 Å². The van der Waals surface area contributed by atoms with Gasteiger partial charge < -0.3 is 10.1 Å². The fraction of sp³-hybridized carbons (Fsp3) is 0.562. The first-order valence-electron chi connectivity index (χ1n) is 7.18. The summed E-state index contributed by atoms with van der Waals surface area (Å²) in [5.74, 6) is 1.47. The van der Waals surface area contributed by atoms with Crippen LogP contribution in [0.1, 0.15) is 49.4 Å². The molecule has 0 spiro atoms. The predicted molar refractivity (Wildman–Crippen MR) is 76.5 cm³/mol. The minimum Gasteiger partial charge on any atom is -0.496 e. The van der Waals surface area contributed by atoms with Gasteiger partial charge in [0.05, 0.1) is 12.7 Å². The van der Waals surface area contributed by atoms with E-state index in [1.54, 1.807) is 7.11 Å². The summed E-state index contributed by atoms with van der Waals surface area (Å²) in [5.41, 5.74) is 0.627. The van der Waals surface area contributed by atoms with E-state index in [1.807, 2.05) is 24.3 Å². The van der Waals surface area contributed by atoms with Gasteiger partial charge in [0.15, 0.2) is 0 Å². The minimum absolute atomic E-state index is 0.0163. The molecule has 104 valence electrons. The summed E-state index contributed by atoms with van der Waals surface area (Å²) in [6, 6.07) is 7.70. The van der Waals surface area contributed by atoms with E-state index >= 15 is 0 Å². The molecule has 1 fully saturated rings. The van der Waals surface area contributed by atoms with E-state index in [0.717, 1.165) is 18.8 Å². The fourth-order valence-electron chi connectivity index (χ4n) is 2.81. The lowest BCUT2D eigenvalue weighted by atomic mass is 9.84. The van der Waals surface area contributed by atoms with Gasteiger partial charge in [0.25, 0.3) is 5.91 Å². The molecule has 1 aliphatic rings. The minimum atomic E-state index is -0.0163. The van der Waals surface area contributed by atoms with E-state index in [9.17, 15) is 4.79 Å². The lowest BCUT2D eigenvalue weighted by Crippen LogP contribution is -2.37. The number of nitrogens with one attached hydrogen (secondary N) is 1. The highest BCUT2D eigenvalue weighted by molar-refractivity contribution is 5.97. The van der Waals surface area contributed by atoms with Crippen LogP contribution in [0.3, 0.4) is 0 Å². The van der Waals surface area contributed by atoms with Gasteiger partial charge in [-0.3, -0.25) is 4.79 Å². The summed E-state index contributed by atoms with van der Waals surface area (Å²) < 4.78 is 5.23. The van der Waals surface area contributed by atoms with Crippen molar-refractivity contribution < 1.29 is 9.53 Å². The molecule has 2 rings (SSSR count). The van der Waals surface area contributed by atoms with Crippen molar-refractivity contribution in [3.05, 3.63) is 29.8 Å². The van der Waals surface area contributed by atoms with Crippen LogP contribution in [-0.2, 0) is 0 Å². The number of hydrogen-bond acceptors (Lipinski definition) is 2. The Morgan fingerprint density at radius 2 is 1.95 bits per heavy atom. The van der Waals surface area contributed by atoms with Crippen LogP contribution < -0.4 is 10.1 Å². The van der Waals surface area contributed by atoms with Gasteiger partial charge in [-0.05, 0) is 43.7 Å². The Hall–Kier alpha value is -1.51. The third-order valence-electron chi connectivity index (χ3n) is 4.11. The molecule has 0 radical (unpaired) electrons. The maximum absolute atomic E-state index is 12.3. The molecule has 19 heavy (non-hydrogen) atoms. The van der Waals surface area contributed by atoms with Gasteiger partial charge in [0, 0.05) is 6.04 Å². The monoisotopic (exact) mass is 261 g/mol. The Bertz CT molecular complexity index is 423. The first-order valence-corrected chi connectivity index (χ1v) is 7.18. The Labute approximate surface area is 115 Å². The highest BCUT2D eigenvalue weighted by atomic mass is 16.5. The third-order valence-corrected chi connectivity index (χ3v) is 4.11. The Balaban J connectivity index is 1.94. The van der Waals surface area contributed by atoms with Crippen LogP contribution in [0.4, 0.5) is 0 Å². The molecule has 0 aromatic heterocycles. The van der Waals surface area contributed by atoms with Crippen molar-refractivity contribution in [2.45, 2.75) is 45.1 Å². The van der Waals surface area contributed by atoms with Gasteiger partial charge >= 0.3 is 0 Å². The molecule has 0 bridgehead atoms. The van der Waals surface area contributed by atoms with E-state index in [0.29, 0.717) is 17.4 Å². The zero-order valence-corrected chi connectivity index (χ0v) is 11.8. The predicted octanol–water partition coefficient (Wildman–Crippen LogP) is 3.39. The normalized spacial score (nSPS) is 22.8. The average molecular weight is 261 g/mol. The second-order valence-corrected chi connectivity index (χ2v) is 5.30. The summed E-state index contributed by atoms with van der Waals surface area (Å²) in [6.45, 7) is 2.25. The SMILES string of the molecule is CCC1CCC(NC(=O)c2ccccc2OC)CC1. The van der Waals surface area contributed by atoms with Gasteiger partial charge in [-0.15, -0.1) is 0 Å². The molecule has 3 nitrogen and oxygen atoms in total. The van der Waals surface area contributed by atoms with Gasteiger partial charge in [0.2, 0.25) is 0 Å². The molecule has 1 saturated carbocycles. The molecule has 1 amide bonds. The van der Waals surface area contributed by atoms with Crippen LogP contribution >= 0.6 is 0 Å². The Morgan fingerprint density at radius 3 is 2.58 bits per heavy atom. The van der Waals surface area contributed by atoms with Crippen molar-refractivity contribution in [2.75, 3.05) is 7.11 Å². The number of benzene rings is 1. The molecule has 0 saturated heterocycles. The molecule has 1 aliphatic carbocycles. The molecule has 0 unspecified atom stereocenters. The summed E-state index contributed by atoms with van der Waals surface area (Å²) in [7, 11) is 1.60. The van der Waals surface area contributed by atoms with E-state index in [2.05, 4.69) is 12.2 Å². The van der Waals surface area contributed by atoms with Crippen LogP contribution in [0.25, 0.3) is 0 Å². The average Bonchev–Trinajstić information content (AvgIpc) is 2.48. The van der Waals surface area contributed by atoms with Crippen LogP contribution in [0, 0.1) is 5.92 Å². The van der Waals surface area contributed by atoms with E-state index in [-0.39, 0.29) is 5.91 Å². The topological polar surface area (TPSA) is 38.3 Å². The number of rotatable bonds is 4. The van der Waals surface area contributed by atoms with Crippen LogP contribution in [-0.4, -0.2) is 19.1 Å². The fourth-order valence-corrected chi connectivity index (χ4v) is 2.81. The van der Waals surface area contributed by atoms with Crippen molar-refractivity contribution in [3.63, 3.8) is 0 Å². The van der Waals surface area contributed by atoms with Gasteiger partial charge in [-0.1, -0.05) is 25.5 Å². The molecular formula is C16H23NO2. The molecule has 1 N–H and O–H groups in total. The number of hydrogen-bond donors (Lipinski definition) is 1. The largest absolute Gasteiger partial charge is 0.496 e. The zero-order valence-electron chi connectivity index (χ0n) is 11.8. The Kier molecular flexibility index (Phi) is 4.83. The lowest BCUT2D eigenvalue weighted by Gasteiger charge is -2.28. The van der Waals surface area contributed by atoms with Gasteiger partial charge in [-0.25, -0.2) is 0 Å². The smallest absolute Gasteiger partial charge is 0.255 e. The summed E-state index contributed by atoms with van der Waals surface area (Å²) >= 11 is 0. The summed E-state index contributed by atoms with van der Waals surface area (Å²) in [5, 5.41) is 3.14. The molecule has 3 heteroatoms. The first-order chi connectivity index (χ1) is 9.24. The maximum Gasteiger partial charge on any atom is 0.255 e. The first kappa shape index (κ1) is 13.9. The third kappa shape index (κ3) is 3.49. The summed E-state index contributed by atoms with van der Waals surface area (Å²) in [4.78, 5) is 12.3. The van der Waals surface area contributed by atoms with Crippen molar-refractivity contribution in [2.24, 2.45) is 5.92 Å². The highest BCUT2D eigenvalue weighted by Gasteiger charge is 2.22. The molecule has 0 atom stereocenters. The second kappa shape index (κ2) is 6.60. The van der Waals surface area contributed by atoms with E-state index in [4.69, 9.17) is 4.74 Å². The second-order valence-electron chi connectivity index (χ2n) is 5.30. The van der Waals surface area contributed by atoms with Gasteiger partial charge in [-0.2, -0.15) is 0 Å². The molecular weight excluding hydrogens is 238 g/mol. The standard InChI is InChI=1S/C16H23NO2/c1-3-12-8-10-13(11-9-12)17-16(18)14-6-4-5-7-15(14)19-2/h4-7,12-13H,3,8-11H2,1-2H3,(H,17,18). The van der Waals surface area contributed by atoms with E-state index in [1.165, 1.54) is 19.3 Å². The molecule has 1 aromatic rings. The number of carbonyl (C=O) groups is 1. The maximum atomic E-state index is 12.3. The highest BCUT2D eigenvalue weighted by Crippen LogP contribution is 2.27. The van der Waals surface area contributed by atoms with Crippen LogP contribution in [0.5, 0.6) is 5.75 Å². The number of para-hydroxylation sites is 1.